The van der Waals surface area contributed by atoms with Crippen molar-refractivity contribution in [2.24, 2.45) is 0 Å². The highest BCUT2D eigenvalue weighted by Crippen LogP contribution is 2.08. The highest BCUT2D eigenvalue weighted by molar-refractivity contribution is 5.81. The van der Waals surface area contributed by atoms with Crippen LogP contribution in [0.4, 0.5) is 9.18 Å². The zero-order valence-corrected chi connectivity index (χ0v) is 10.7. The van der Waals surface area contributed by atoms with Crippen molar-refractivity contribution in [3.8, 4) is 0 Å². The Kier molecular flexibility index (Phi) is 6.53. The van der Waals surface area contributed by atoms with E-state index in [2.05, 4.69) is 10.1 Å². The molecule has 1 amide bonds. The van der Waals surface area contributed by atoms with Crippen LogP contribution >= 0.6 is 0 Å². The number of ether oxygens (including phenoxy) is 2. The zero-order chi connectivity index (χ0) is 13.5. The molecule has 0 spiro atoms. The molecule has 0 rings (SSSR count). The van der Waals surface area contributed by atoms with Crippen molar-refractivity contribution in [3.63, 3.8) is 0 Å². The molecule has 100 valence electrons. The van der Waals surface area contributed by atoms with Crippen molar-refractivity contribution in [2.75, 3.05) is 13.8 Å². The number of amides is 1. The number of rotatable bonds is 5. The largest absolute Gasteiger partial charge is 0.467 e. The number of alkyl halides is 1. The van der Waals surface area contributed by atoms with Crippen molar-refractivity contribution in [1.29, 1.82) is 0 Å². The van der Waals surface area contributed by atoms with E-state index in [0.717, 1.165) is 0 Å². The average Bonchev–Trinajstić information content (AvgIpc) is 2.20. The van der Waals surface area contributed by atoms with Crippen molar-refractivity contribution < 1.29 is 23.5 Å². The van der Waals surface area contributed by atoms with E-state index in [1.165, 1.54) is 7.11 Å². The molecule has 6 heteroatoms. The minimum absolute atomic E-state index is 0.176. The maximum atomic E-state index is 12.0. The SMILES string of the molecule is COC(=O)[C@H](CCCF)NC(=O)OC(C)(C)C. The van der Waals surface area contributed by atoms with Gasteiger partial charge in [0.25, 0.3) is 0 Å². The van der Waals surface area contributed by atoms with Crippen molar-refractivity contribution >= 4 is 12.1 Å². The van der Waals surface area contributed by atoms with Crippen molar-refractivity contribution in [2.45, 2.75) is 45.3 Å². The van der Waals surface area contributed by atoms with E-state index in [-0.39, 0.29) is 12.8 Å². The van der Waals surface area contributed by atoms with Gasteiger partial charge in [-0.2, -0.15) is 0 Å². The van der Waals surface area contributed by atoms with Crippen LogP contribution in [-0.4, -0.2) is 37.5 Å². The Morgan fingerprint density at radius 3 is 2.35 bits per heavy atom. The van der Waals surface area contributed by atoms with Crippen molar-refractivity contribution in [1.82, 2.24) is 5.32 Å². The lowest BCUT2D eigenvalue weighted by Gasteiger charge is -2.22. The number of carbonyl (C=O) groups excluding carboxylic acids is 2. The summed E-state index contributed by atoms with van der Waals surface area (Å²) < 4.78 is 21.5. The normalized spacial score (nSPS) is 12.8. The van der Waals surface area contributed by atoms with Crippen LogP contribution in [-0.2, 0) is 14.3 Å². The minimum atomic E-state index is -0.870. The summed E-state index contributed by atoms with van der Waals surface area (Å²) in [5.41, 5.74) is -0.648. The highest BCUT2D eigenvalue weighted by atomic mass is 19.1. The minimum Gasteiger partial charge on any atom is -0.467 e. The van der Waals surface area contributed by atoms with E-state index >= 15 is 0 Å². The summed E-state index contributed by atoms with van der Waals surface area (Å²) in [6.07, 6.45) is -0.357. The Morgan fingerprint density at radius 2 is 1.94 bits per heavy atom. The topological polar surface area (TPSA) is 64.6 Å². The smallest absolute Gasteiger partial charge is 0.408 e. The van der Waals surface area contributed by atoms with Gasteiger partial charge in [-0.15, -0.1) is 0 Å². The molecule has 0 bridgehead atoms. The van der Waals surface area contributed by atoms with Gasteiger partial charge in [0.1, 0.15) is 11.6 Å². The molecule has 0 aliphatic heterocycles. The lowest BCUT2D eigenvalue weighted by atomic mass is 10.1. The van der Waals surface area contributed by atoms with E-state index in [1.54, 1.807) is 20.8 Å². The number of alkyl carbamates (subject to hydrolysis) is 1. The maximum absolute atomic E-state index is 12.0. The zero-order valence-electron chi connectivity index (χ0n) is 10.7. The molecule has 0 heterocycles. The molecule has 17 heavy (non-hydrogen) atoms. The van der Waals surface area contributed by atoms with Gasteiger partial charge in [-0.25, -0.2) is 9.59 Å². The number of hydrogen-bond donors (Lipinski definition) is 1. The third-order valence-electron chi connectivity index (χ3n) is 1.80. The number of nitrogens with one attached hydrogen (secondary N) is 1. The monoisotopic (exact) mass is 249 g/mol. The Bertz CT molecular complexity index is 263. The molecule has 0 radical (unpaired) electrons. The Hall–Kier alpha value is -1.33. The fraction of sp³-hybridized carbons (Fsp3) is 0.818. The lowest BCUT2D eigenvalue weighted by molar-refractivity contribution is -0.143. The van der Waals surface area contributed by atoms with E-state index in [4.69, 9.17) is 4.74 Å². The predicted octanol–water partition coefficient (Wildman–Crippen LogP) is 1.80. The maximum Gasteiger partial charge on any atom is 0.408 e. The summed E-state index contributed by atoms with van der Waals surface area (Å²) in [6, 6.07) is -0.870. The summed E-state index contributed by atoms with van der Waals surface area (Å²) >= 11 is 0. The summed E-state index contributed by atoms with van der Waals surface area (Å²) in [6.45, 7) is 4.58. The molecule has 1 N–H and O–H groups in total. The molecular weight excluding hydrogens is 229 g/mol. The second-order valence-electron chi connectivity index (χ2n) is 4.55. The first-order valence-corrected chi connectivity index (χ1v) is 5.43. The molecule has 0 fully saturated rings. The van der Waals surface area contributed by atoms with Crippen LogP contribution in [0.3, 0.4) is 0 Å². The van der Waals surface area contributed by atoms with Crippen LogP contribution in [0.15, 0.2) is 0 Å². The lowest BCUT2D eigenvalue weighted by Crippen LogP contribution is -2.44. The summed E-state index contributed by atoms with van der Waals surface area (Å²) in [5, 5.41) is 2.36. The number of esters is 1. The number of carbonyl (C=O) groups is 2. The molecule has 0 saturated heterocycles. The van der Waals surface area contributed by atoms with Gasteiger partial charge in [0.05, 0.1) is 13.8 Å². The van der Waals surface area contributed by atoms with Gasteiger partial charge in [0.15, 0.2) is 0 Å². The van der Waals surface area contributed by atoms with Crippen LogP contribution in [0.25, 0.3) is 0 Å². The first-order valence-electron chi connectivity index (χ1n) is 5.43. The second-order valence-corrected chi connectivity index (χ2v) is 4.55. The summed E-state index contributed by atoms with van der Waals surface area (Å²) in [4.78, 5) is 22.7. The average molecular weight is 249 g/mol. The molecular formula is C11H20FNO4. The third-order valence-corrected chi connectivity index (χ3v) is 1.80. The first kappa shape index (κ1) is 15.7. The van der Waals surface area contributed by atoms with Gasteiger partial charge in [-0.1, -0.05) is 0 Å². The molecule has 0 aliphatic rings. The van der Waals surface area contributed by atoms with Gasteiger partial charge in [0, 0.05) is 0 Å². The molecule has 0 aromatic carbocycles. The highest BCUT2D eigenvalue weighted by Gasteiger charge is 2.24. The van der Waals surface area contributed by atoms with Gasteiger partial charge in [0.2, 0.25) is 0 Å². The fourth-order valence-corrected chi connectivity index (χ4v) is 1.12. The van der Waals surface area contributed by atoms with Gasteiger partial charge in [-0.05, 0) is 33.6 Å². The Balaban J connectivity index is 4.32. The van der Waals surface area contributed by atoms with Crippen LogP contribution in [0.2, 0.25) is 0 Å². The Labute approximate surface area is 101 Å². The van der Waals surface area contributed by atoms with Crippen LogP contribution in [0, 0.1) is 0 Å². The summed E-state index contributed by atoms with van der Waals surface area (Å²) in [7, 11) is 1.21. The fourth-order valence-electron chi connectivity index (χ4n) is 1.12. The molecule has 0 aromatic rings. The van der Waals surface area contributed by atoms with Crippen LogP contribution in [0.5, 0.6) is 0 Å². The van der Waals surface area contributed by atoms with Crippen molar-refractivity contribution in [3.05, 3.63) is 0 Å². The quantitative estimate of drug-likeness (QED) is 0.755. The van der Waals surface area contributed by atoms with E-state index in [9.17, 15) is 14.0 Å². The second kappa shape index (κ2) is 7.09. The number of halogens is 1. The summed E-state index contributed by atoms with van der Waals surface area (Å²) in [5.74, 6) is -0.607. The van der Waals surface area contributed by atoms with Gasteiger partial charge in [-0.3, -0.25) is 4.39 Å². The number of hydrogen-bond acceptors (Lipinski definition) is 4. The molecule has 0 aromatic heterocycles. The predicted molar refractivity (Wildman–Crippen MR) is 60.4 cm³/mol. The van der Waals surface area contributed by atoms with Gasteiger partial charge >= 0.3 is 12.1 Å². The molecule has 0 aliphatic carbocycles. The molecule has 0 saturated carbocycles. The van der Waals surface area contributed by atoms with Crippen LogP contribution in [0.1, 0.15) is 33.6 Å². The van der Waals surface area contributed by atoms with E-state index in [0.29, 0.717) is 0 Å². The van der Waals surface area contributed by atoms with Gasteiger partial charge < -0.3 is 14.8 Å². The Morgan fingerprint density at radius 1 is 1.35 bits per heavy atom. The first-order chi connectivity index (χ1) is 7.80. The van der Waals surface area contributed by atoms with Crippen LogP contribution < -0.4 is 5.32 Å². The number of methoxy groups -OCH3 is 1. The molecule has 5 nitrogen and oxygen atoms in total. The van der Waals surface area contributed by atoms with E-state index < -0.39 is 30.4 Å². The third kappa shape index (κ3) is 7.54. The molecule has 0 unspecified atom stereocenters. The standard InChI is InChI=1S/C11H20FNO4/c1-11(2,3)17-10(15)13-8(6-5-7-12)9(14)16-4/h8H,5-7H2,1-4H3,(H,13,15)/t8-/m0/s1. The molecule has 1 atom stereocenters. The van der Waals surface area contributed by atoms with E-state index in [1.807, 2.05) is 0 Å².